The minimum absolute atomic E-state index is 0.296. The van der Waals surface area contributed by atoms with Crippen LogP contribution in [-0.2, 0) is 0 Å². The van der Waals surface area contributed by atoms with Crippen molar-refractivity contribution in [3.8, 4) is 0 Å². The summed E-state index contributed by atoms with van der Waals surface area (Å²) in [6.07, 6.45) is 5.04. The SMILES string of the molecule is OC(c1cc(Br)ccc1Br)C1C2CCCCC21. The molecule has 3 unspecified atom stereocenters. The lowest BCUT2D eigenvalue weighted by Gasteiger charge is -2.13. The first kappa shape index (κ1) is 12.2. The van der Waals surface area contributed by atoms with Crippen molar-refractivity contribution in [1.82, 2.24) is 0 Å². The highest BCUT2D eigenvalue weighted by molar-refractivity contribution is 9.11. The van der Waals surface area contributed by atoms with Crippen LogP contribution < -0.4 is 0 Å². The minimum atomic E-state index is -0.296. The van der Waals surface area contributed by atoms with Gasteiger partial charge >= 0.3 is 0 Å². The molecular formula is C14H16Br2O. The zero-order chi connectivity index (χ0) is 12.0. The number of fused-ring (bicyclic) bond motifs is 1. The Labute approximate surface area is 119 Å². The summed E-state index contributed by atoms with van der Waals surface area (Å²) in [7, 11) is 0. The quantitative estimate of drug-likeness (QED) is 0.812. The van der Waals surface area contributed by atoms with Crippen LogP contribution in [0.1, 0.15) is 37.4 Å². The van der Waals surface area contributed by atoms with E-state index in [2.05, 4.69) is 31.9 Å². The summed E-state index contributed by atoms with van der Waals surface area (Å²) in [6.45, 7) is 0. The van der Waals surface area contributed by atoms with Crippen molar-refractivity contribution in [3.63, 3.8) is 0 Å². The first-order chi connectivity index (χ1) is 8.18. The third-order valence-corrected chi connectivity index (χ3v) is 5.58. The molecule has 0 aromatic heterocycles. The Balaban J connectivity index is 1.82. The van der Waals surface area contributed by atoms with Crippen molar-refractivity contribution < 1.29 is 5.11 Å². The van der Waals surface area contributed by atoms with Gasteiger partial charge in [0.2, 0.25) is 0 Å². The van der Waals surface area contributed by atoms with Crippen LogP contribution in [0.15, 0.2) is 27.1 Å². The molecule has 2 fully saturated rings. The van der Waals surface area contributed by atoms with E-state index in [0.717, 1.165) is 26.3 Å². The summed E-state index contributed by atoms with van der Waals surface area (Å²) in [6, 6.07) is 6.05. The van der Waals surface area contributed by atoms with Gasteiger partial charge in [0.1, 0.15) is 0 Å². The maximum absolute atomic E-state index is 10.5. The maximum atomic E-state index is 10.5. The lowest BCUT2D eigenvalue weighted by Crippen LogP contribution is -2.03. The number of aliphatic hydroxyl groups excluding tert-OH is 1. The van der Waals surface area contributed by atoms with Gasteiger partial charge in [-0.25, -0.2) is 0 Å². The molecule has 1 aromatic carbocycles. The van der Waals surface area contributed by atoms with Crippen molar-refractivity contribution >= 4 is 31.9 Å². The van der Waals surface area contributed by atoms with Crippen LogP contribution in [0.4, 0.5) is 0 Å². The number of rotatable bonds is 2. The third-order valence-electron chi connectivity index (χ3n) is 4.36. The van der Waals surface area contributed by atoms with E-state index in [1.165, 1.54) is 25.7 Å². The second-order valence-electron chi connectivity index (χ2n) is 5.30. The maximum Gasteiger partial charge on any atom is 0.0834 e. The van der Waals surface area contributed by atoms with Gasteiger partial charge in [0.15, 0.2) is 0 Å². The number of aliphatic hydroxyl groups is 1. The van der Waals surface area contributed by atoms with Crippen LogP contribution >= 0.6 is 31.9 Å². The van der Waals surface area contributed by atoms with E-state index in [4.69, 9.17) is 0 Å². The van der Waals surface area contributed by atoms with E-state index < -0.39 is 0 Å². The van der Waals surface area contributed by atoms with Crippen molar-refractivity contribution in [2.24, 2.45) is 17.8 Å². The highest BCUT2D eigenvalue weighted by Crippen LogP contribution is 2.60. The molecule has 3 rings (SSSR count). The standard InChI is InChI=1S/C14H16Br2O/c15-8-5-6-12(16)11(7-8)14(17)13-9-3-1-2-4-10(9)13/h5-7,9-10,13-14,17H,1-4H2. The summed E-state index contributed by atoms with van der Waals surface area (Å²) in [5, 5.41) is 10.5. The van der Waals surface area contributed by atoms with E-state index >= 15 is 0 Å². The molecule has 0 aliphatic heterocycles. The van der Waals surface area contributed by atoms with E-state index in [1.54, 1.807) is 0 Å². The van der Waals surface area contributed by atoms with E-state index in [-0.39, 0.29) is 6.10 Å². The average molecular weight is 360 g/mol. The molecule has 1 aromatic rings. The summed E-state index contributed by atoms with van der Waals surface area (Å²) in [4.78, 5) is 0. The van der Waals surface area contributed by atoms with Gasteiger partial charge in [-0.2, -0.15) is 0 Å². The molecule has 3 atom stereocenters. The fraction of sp³-hybridized carbons (Fsp3) is 0.571. The molecule has 0 amide bonds. The van der Waals surface area contributed by atoms with E-state index in [9.17, 15) is 5.11 Å². The normalized spacial score (nSPS) is 33.0. The van der Waals surface area contributed by atoms with Crippen LogP contribution in [0, 0.1) is 17.8 Å². The van der Waals surface area contributed by atoms with Crippen LogP contribution in [0.2, 0.25) is 0 Å². The molecule has 3 heteroatoms. The van der Waals surface area contributed by atoms with Crippen molar-refractivity contribution in [1.29, 1.82) is 0 Å². The van der Waals surface area contributed by atoms with E-state index in [1.807, 2.05) is 18.2 Å². The summed E-state index contributed by atoms with van der Waals surface area (Å²) < 4.78 is 2.07. The van der Waals surface area contributed by atoms with Gasteiger partial charge in [0.05, 0.1) is 6.10 Å². The smallest absolute Gasteiger partial charge is 0.0834 e. The zero-order valence-electron chi connectivity index (χ0n) is 9.57. The second-order valence-corrected chi connectivity index (χ2v) is 7.07. The summed E-state index contributed by atoms with van der Waals surface area (Å²) in [5.41, 5.74) is 1.04. The van der Waals surface area contributed by atoms with Gasteiger partial charge < -0.3 is 5.11 Å². The fourth-order valence-corrected chi connectivity index (χ4v) is 4.32. The Morgan fingerprint density at radius 2 is 1.76 bits per heavy atom. The van der Waals surface area contributed by atoms with Crippen molar-refractivity contribution in [2.45, 2.75) is 31.8 Å². The Kier molecular flexibility index (Phi) is 3.35. The molecule has 1 N–H and O–H groups in total. The van der Waals surface area contributed by atoms with Crippen LogP contribution in [0.5, 0.6) is 0 Å². The first-order valence-electron chi connectivity index (χ1n) is 6.31. The van der Waals surface area contributed by atoms with Crippen LogP contribution in [0.25, 0.3) is 0 Å². The summed E-state index contributed by atoms with van der Waals surface area (Å²) >= 11 is 7.02. The average Bonchev–Trinajstić information content (AvgIpc) is 3.05. The Morgan fingerprint density at radius 1 is 1.12 bits per heavy atom. The Hall–Kier alpha value is 0.140. The molecule has 92 valence electrons. The monoisotopic (exact) mass is 358 g/mol. The van der Waals surface area contributed by atoms with Crippen LogP contribution in [0.3, 0.4) is 0 Å². The number of hydrogen-bond acceptors (Lipinski definition) is 1. The number of halogens is 2. The largest absolute Gasteiger partial charge is 0.388 e. The first-order valence-corrected chi connectivity index (χ1v) is 7.90. The number of hydrogen-bond donors (Lipinski definition) is 1. The Morgan fingerprint density at radius 3 is 2.41 bits per heavy atom. The highest BCUT2D eigenvalue weighted by atomic mass is 79.9. The molecule has 0 bridgehead atoms. The molecule has 0 saturated heterocycles. The molecule has 0 heterocycles. The van der Waals surface area contributed by atoms with Gasteiger partial charge in [-0.3, -0.25) is 0 Å². The van der Waals surface area contributed by atoms with Gasteiger partial charge in [-0.05, 0) is 54.4 Å². The Bertz CT molecular complexity index is 420. The molecule has 0 radical (unpaired) electrons. The third kappa shape index (κ3) is 2.22. The van der Waals surface area contributed by atoms with E-state index in [0.29, 0.717) is 5.92 Å². The predicted molar refractivity (Wildman–Crippen MR) is 75.7 cm³/mol. The van der Waals surface area contributed by atoms with Gasteiger partial charge in [-0.1, -0.05) is 44.7 Å². The zero-order valence-corrected chi connectivity index (χ0v) is 12.7. The van der Waals surface area contributed by atoms with Gasteiger partial charge in [0, 0.05) is 8.95 Å². The molecule has 2 aliphatic rings. The second kappa shape index (κ2) is 4.67. The molecule has 2 aliphatic carbocycles. The molecule has 1 nitrogen and oxygen atoms in total. The minimum Gasteiger partial charge on any atom is -0.388 e. The predicted octanol–water partition coefficient (Wildman–Crippen LogP) is 4.68. The van der Waals surface area contributed by atoms with Crippen molar-refractivity contribution in [2.75, 3.05) is 0 Å². The topological polar surface area (TPSA) is 20.2 Å². The van der Waals surface area contributed by atoms with Gasteiger partial charge in [-0.15, -0.1) is 0 Å². The van der Waals surface area contributed by atoms with Crippen molar-refractivity contribution in [3.05, 3.63) is 32.7 Å². The molecule has 17 heavy (non-hydrogen) atoms. The lowest BCUT2D eigenvalue weighted by molar-refractivity contribution is 0.141. The fourth-order valence-electron chi connectivity index (χ4n) is 3.46. The lowest BCUT2D eigenvalue weighted by atomic mass is 10.0. The van der Waals surface area contributed by atoms with Crippen LogP contribution in [-0.4, -0.2) is 5.11 Å². The van der Waals surface area contributed by atoms with Gasteiger partial charge in [0.25, 0.3) is 0 Å². The number of benzene rings is 1. The molecule has 2 saturated carbocycles. The summed E-state index contributed by atoms with van der Waals surface area (Å²) in [5.74, 6) is 2.07. The molecular weight excluding hydrogens is 344 g/mol. The highest BCUT2D eigenvalue weighted by Gasteiger charge is 2.54. The molecule has 0 spiro atoms.